The summed E-state index contributed by atoms with van der Waals surface area (Å²) in [4.78, 5) is 8.94. The van der Waals surface area contributed by atoms with E-state index in [1.807, 2.05) is 36.4 Å². The van der Waals surface area contributed by atoms with Gasteiger partial charge in [0.25, 0.3) is 0 Å². The highest BCUT2D eigenvalue weighted by Gasteiger charge is 2.11. The molecular weight excluding hydrogens is 395 g/mol. The minimum atomic E-state index is 0.362. The van der Waals surface area contributed by atoms with Crippen molar-refractivity contribution >= 4 is 45.6 Å². The molecule has 4 rings (SSSR count). The second kappa shape index (κ2) is 7.54. The summed E-state index contributed by atoms with van der Waals surface area (Å²) in [6.45, 7) is 0.362. The number of nitrogens with zero attached hydrogens (tertiary/aromatic N) is 2. The fourth-order valence-electron chi connectivity index (χ4n) is 2.84. The fraction of sp³-hybridized carbons (Fsp3) is 0.0476. The molecule has 5 nitrogen and oxygen atoms in total. The molecule has 1 heterocycles. The van der Waals surface area contributed by atoms with E-state index in [2.05, 4.69) is 9.97 Å². The first kappa shape index (κ1) is 18.3. The predicted molar refractivity (Wildman–Crippen MR) is 115 cm³/mol. The number of rotatable bonds is 4. The lowest BCUT2D eigenvalue weighted by atomic mass is 10.1. The molecule has 3 aromatic carbocycles. The third-order valence-corrected chi connectivity index (χ3v) is 4.75. The summed E-state index contributed by atoms with van der Waals surface area (Å²) in [5.74, 6) is 1.41. The van der Waals surface area contributed by atoms with E-state index in [0.29, 0.717) is 45.2 Å². The molecule has 0 unspecified atom stereocenters. The average molecular weight is 411 g/mol. The zero-order valence-corrected chi connectivity index (χ0v) is 16.2. The minimum absolute atomic E-state index is 0.362. The van der Waals surface area contributed by atoms with E-state index in [-0.39, 0.29) is 0 Å². The zero-order valence-electron chi connectivity index (χ0n) is 14.7. The van der Waals surface area contributed by atoms with Crippen molar-refractivity contribution in [2.75, 3.05) is 11.5 Å². The molecule has 1 aromatic heterocycles. The number of ether oxygens (including phenoxy) is 1. The molecule has 4 aromatic rings. The molecule has 28 heavy (non-hydrogen) atoms. The van der Waals surface area contributed by atoms with Gasteiger partial charge < -0.3 is 16.2 Å². The third-order valence-electron chi connectivity index (χ3n) is 4.22. The molecule has 140 valence electrons. The summed E-state index contributed by atoms with van der Waals surface area (Å²) in [6.07, 6.45) is 0. The monoisotopic (exact) mass is 410 g/mol. The van der Waals surface area contributed by atoms with Crippen molar-refractivity contribution in [3.63, 3.8) is 0 Å². The maximum atomic E-state index is 6.40. The van der Waals surface area contributed by atoms with E-state index in [1.54, 1.807) is 24.3 Å². The van der Waals surface area contributed by atoms with Gasteiger partial charge in [0.1, 0.15) is 18.2 Å². The predicted octanol–water partition coefficient (Wildman–Crippen LogP) is 5.35. The van der Waals surface area contributed by atoms with Gasteiger partial charge in [-0.3, -0.25) is 0 Å². The van der Waals surface area contributed by atoms with Crippen LogP contribution in [0.25, 0.3) is 22.3 Å². The van der Waals surface area contributed by atoms with Gasteiger partial charge >= 0.3 is 0 Å². The molecule has 0 aliphatic carbocycles. The molecule has 0 fully saturated rings. The van der Waals surface area contributed by atoms with Gasteiger partial charge in [-0.1, -0.05) is 35.3 Å². The van der Waals surface area contributed by atoms with Crippen molar-refractivity contribution in [2.45, 2.75) is 6.61 Å². The summed E-state index contributed by atoms with van der Waals surface area (Å²) >= 11 is 12.4. The first-order chi connectivity index (χ1) is 13.5. The largest absolute Gasteiger partial charge is 0.487 e. The zero-order chi connectivity index (χ0) is 19.7. The molecule has 0 bridgehead atoms. The van der Waals surface area contributed by atoms with E-state index in [1.165, 1.54) is 0 Å². The van der Waals surface area contributed by atoms with Crippen molar-refractivity contribution in [2.24, 2.45) is 0 Å². The van der Waals surface area contributed by atoms with E-state index >= 15 is 0 Å². The molecule has 0 saturated carbocycles. The summed E-state index contributed by atoms with van der Waals surface area (Å²) in [7, 11) is 0. The van der Waals surface area contributed by atoms with Gasteiger partial charge in [0.2, 0.25) is 0 Å². The topological polar surface area (TPSA) is 87.0 Å². The number of benzene rings is 3. The standard InChI is InChI=1S/C21H16Cl2N4O/c22-14-3-1-2-12(8-14)11-28-19-7-4-13(9-17(19)23)21-26-18-6-5-15(24)10-16(18)20(25)27-21/h1-10H,11,24H2,(H2,25,26,27). The number of halogens is 2. The van der Waals surface area contributed by atoms with E-state index in [9.17, 15) is 0 Å². The quantitative estimate of drug-likeness (QED) is 0.442. The Morgan fingerprint density at radius 3 is 2.54 bits per heavy atom. The normalized spacial score (nSPS) is 10.9. The minimum Gasteiger partial charge on any atom is -0.487 e. The molecule has 0 radical (unpaired) electrons. The molecule has 4 N–H and O–H groups in total. The Balaban J connectivity index is 1.60. The van der Waals surface area contributed by atoms with Crippen LogP contribution in [0.2, 0.25) is 10.0 Å². The van der Waals surface area contributed by atoms with E-state index in [4.69, 9.17) is 39.4 Å². The lowest BCUT2D eigenvalue weighted by molar-refractivity contribution is 0.306. The van der Waals surface area contributed by atoms with Crippen LogP contribution in [0, 0.1) is 0 Å². The van der Waals surface area contributed by atoms with Crippen LogP contribution >= 0.6 is 23.2 Å². The first-order valence-corrected chi connectivity index (χ1v) is 9.25. The number of anilines is 2. The summed E-state index contributed by atoms with van der Waals surface area (Å²) in [5.41, 5.74) is 14.9. The highest BCUT2D eigenvalue weighted by Crippen LogP contribution is 2.31. The number of hydrogen-bond acceptors (Lipinski definition) is 5. The van der Waals surface area contributed by atoms with Crippen molar-refractivity contribution in [1.29, 1.82) is 0 Å². The summed E-state index contributed by atoms with van der Waals surface area (Å²) in [5, 5.41) is 1.84. The van der Waals surface area contributed by atoms with Gasteiger partial charge in [-0.05, 0) is 54.1 Å². The van der Waals surface area contributed by atoms with Crippen LogP contribution in [0.4, 0.5) is 11.5 Å². The summed E-state index contributed by atoms with van der Waals surface area (Å²) in [6, 6.07) is 18.2. The SMILES string of the molecule is Nc1ccc2nc(-c3ccc(OCc4cccc(Cl)c4)c(Cl)c3)nc(N)c2c1. The molecule has 7 heteroatoms. The van der Waals surface area contributed by atoms with E-state index < -0.39 is 0 Å². The Kier molecular flexibility index (Phi) is 4.94. The molecule has 0 aliphatic rings. The van der Waals surface area contributed by atoms with Crippen molar-refractivity contribution in [1.82, 2.24) is 9.97 Å². The lowest BCUT2D eigenvalue weighted by Crippen LogP contribution is -1.99. The first-order valence-electron chi connectivity index (χ1n) is 8.49. The molecule has 0 spiro atoms. The number of fused-ring (bicyclic) bond motifs is 1. The molecule has 0 aliphatic heterocycles. The molecule has 0 saturated heterocycles. The second-order valence-corrected chi connectivity index (χ2v) is 7.12. The van der Waals surface area contributed by atoms with Crippen LogP contribution in [-0.4, -0.2) is 9.97 Å². The average Bonchev–Trinajstić information content (AvgIpc) is 2.67. The lowest BCUT2D eigenvalue weighted by Gasteiger charge is -2.10. The van der Waals surface area contributed by atoms with Gasteiger partial charge in [-0.25, -0.2) is 9.97 Å². The molecular formula is C21H16Cl2N4O. The van der Waals surface area contributed by atoms with Crippen LogP contribution < -0.4 is 16.2 Å². The fourth-order valence-corrected chi connectivity index (χ4v) is 3.29. The highest BCUT2D eigenvalue weighted by molar-refractivity contribution is 6.32. The van der Waals surface area contributed by atoms with Crippen LogP contribution in [0.15, 0.2) is 60.7 Å². The molecule has 0 atom stereocenters. The Bertz CT molecular complexity index is 1180. The smallest absolute Gasteiger partial charge is 0.162 e. The number of hydrogen-bond donors (Lipinski definition) is 2. The Morgan fingerprint density at radius 1 is 0.893 bits per heavy atom. The Labute approximate surface area is 171 Å². The van der Waals surface area contributed by atoms with Crippen molar-refractivity contribution < 1.29 is 4.74 Å². The summed E-state index contributed by atoms with van der Waals surface area (Å²) < 4.78 is 5.81. The van der Waals surface area contributed by atoms with Crippen molar-refractivity contribution in [3.8, 4) is 17.1 Å². The maximum absolute atomic E-state index is 6.40. The Hall–Kier alpha value is -3.02. The highest BCUT2D eigenvalue weighted by atomic mass is 35.5. The van der Waals surface area contributed by atoms with Crippen LogP contribution in [0.5, 0.6) is 5.75 Å². The number of nitrogen functional groups attached to an aromatic ring is 2. The van der Waals surface area contributed by atoms with Gasteiger partial charge in [-0.2, -0.15) is 0 Å². The molecule has 0 amide bonds. The number of aromatic nitrogens is 2. The van der Waals surface area contributed by atoms with Gasteiger partial charge in [-0.15, -0.1) is 0 Å². The van der Waals surface area contributed by atoms with Crippen LogP contribution in [-0.2, 0) is 6.61 Å². The van der Waals surface area contributed by atoms with Crippen LogP contribution in [0.3, 0.4) is 0 Å². The second-order valence-electron chi connectivity index (χ2n) is 6.27. The maximum Gasteiger partial charge on any atom is 0.162 e. The van der Waals surface area contributed by atoms with Gasteiger partial charge in [0.15, 0.2) is 5.82 Å². The van der Waals surface area contributed by atoms with Crippen molar-refractivity contribution in [3.05, 3.63) is 76.3 Å². The van der Waals surface area contributed by atoms with Gasteiger partial charge in [0.05, 0.1) is 10.5 Å². The van der Waals surface area contributed by atoms with Crippen LogP contribution in [0.1, 0.15) is 5.56 Å². The van der Waals surface area contributed by atoms with Gasteiger partial charge in [0, 0.05) is 21.7 Å². The Morgan fingerprint density at radius 2 is 1.75 bits per heavy atom. The number of nitrogens with two attached hydrogens (primary N) is 2. The third kappa shape index (κ3) is 3.81. The van der Waals surface area contributed by atoms with E-state index in [0.717, 1.165) is 16.5 Å².